The number of hydrogen-bond donors (Lipinski definition) is 1. The molecule has 0 spiro atoms. The van der Waals surface area contributed by atoms with Gasteiger partial charge in [0.25, 0.3) is 0 Å². The minimum Gasteiger partial charge on any atom is -0.323 e. The van der Waals surface area contributed by atoms with Crippen molar-refractivity contribution < 1.29 is 0 Å². The van der Waals surface area contributed by atoms with Gasteiger partial charge in [0.2, 0.25) is 0 Å². The van der Waals surface area contributed by atoms with E-state index in [1.807, 2.05) is 11.3 Å². The molecular formula is C11H18N2S. The van der Waals surface area contributed by atoms with Gasteiger partial charge in [0.05, 0.1) is 10.7 Å². The Labute approximate surface area is 89.5 Å². The van der Waals surface area contributed by atoms with Crippen LogP contribution < -0.4 is 5.73 Å². The highest BCUT2D eigenvalue weighted by molar-refractivity contribution is 7.11. The van der Waals surface area contributed by atoms with E-state index in [-0.39, 0.29) is 6.04 Å². The maximum absolute atomic E-state index is 5.96. The van der Waals surface area contributed by atoms with Gasteiger partial charge in [0, 0.05) is 22.8 Å². The molecule has 2 nitrogen and oxygen atoms in total. The fourth-order valence-corrected chi connectivity index (χ4v) is 2.69. The molecular weight excluding hydrogens is 192 g/mol. The molecule has 1 saturated carbocycles. The van der Waals surface area contributed by atoms with E-state index in [4.69, 9.17) is 10.7 Å². The molecule has 0 aromatic carbocycles. The van der Waals surface area contributed by atoms with E-state index in [9.17, 15) is 0 Å². The lowest BCUT2D eigenvalue weighted by Gasteiger charge is -2.02. The van der Waals surface area contributed by atoms with Gasteiger partial charge in [-0.25, -0.2) is 4.98 Å². The van der Waals surface area contributed by atoms with Gasteiger partial charge in [0.1, 0.15) is 0 Å². The SMILES string of the molecule is CC(C)c1nc(C2CC2)c(C(C)N)s1. The topological polar surface area (TPSA) is 38.9 Å². The van der Waals surface area contributed by atoms with E-state index in [1.54, 1.807) is 0 Å². The van der Waals surface area contributed by atoms with Crippen LogP contribution >= 0.6 is 11.3 Å². The molecule has 1 aliphatic carbocycles. The van der Waals surface area contributed by atoms with Crippen LogP contribution in [-0.4, -0.2) is 4.98 Å². The minimum absolute atomic E-state index is 0.149. The van der Waals surface area contributed by atoms with Crippen molar-refractivity contribution in [3.8, 4) is 0 Å². The summed E-state index contributed by atoms with van der Waals surface area (Å²) in [4.78, 5) is 6.05. The molecule has 0 aliphatic heterocycles. The van der Waals surface area contributed by atoms with Gasteiger partial charge in [-0.2, -0.15) is 0 Å². The van der Waals surface area contributed by atoms with Gasteiger partial charge in [-0.15, -0.1) is 11.3 Å². The highest BCUT2D eigenvalue weighted by Crippen LogP contribution is 2.44. The Morgan fingerprint density at radius 2 is 2.00 bits per heavy atom. The Morgan fingerprint density at radius 1 is 1.36 bits per heavy atom. The number of nitrogens with two attached hydrogens (primary N) is 1. The molecule has 3 heteroatoms. The standard InChI is InChI=1S/C11H18N2S/c1-6(2)11-13-9(8-4-5-8)10(14-11)7(3)12/h6-8H,4-5,12H2,1-3H3. The van der Waals surface area contributed by atoms with Crippen molar-refractivity contribution in [2.75, 3.05) is 0 Å². The molecule has 0 bridgehead atoms. The van der Waals surface area contributed by atoms with Gasteiger partial charge in [-0.05, 0) is 19.8 Å². The van der Waals surface area contributed by atoms with Crippen LogP contribution in [0.2, 0.25) is 0 Å². The first-order valence-corrected chi connectivity index (χ1v) is 6.17. The highest BCUT2D eigenvalue weighted by Gasteiger charge is 2.30. The molecule has 1 unspecified atom stereocenters. The van der Waals surface area contributed by atoms with Gasteiger partial charge in [0.15, 0.2) is 0 Å². The second-order valence-electron chi connectivity index (χ2n) is 4.52. The summed E-state index contributed by atoms with van der Waals surface area (Å²) in [5.41, 5.74) is 7.26. The first kappa shape index (κ1) is 10.1. The van der Waals surface area contributed by atoms with Crippen molar-refractivity contribution in [1.82, 2.24) is 4.98 Å². The average Bonchev–Trinajstić information content (AvgIpc) is 2.83. The third-order valence-corrected chi connectivity index (χ3v) is 4.14. The van der Waals surface area contributed by atoms with E-state index in [0.29, 0.717) is 5.92 Å². The molecule has 78 valence electrons. The molecule has 0 amide bonds. The maximum atomic E-state index is 5.96. The summed E-state index contributed by atoms with van der Waals surface area (Å²) in [5, 5.41) is 1.25. The van der Waals surface area contributed by atoms with E-state index in [2.05, 4.69) is 20.8 Å². The van der Waals surface area contributed by atoms with Crippen LogP contribution in [0.4, 0.5) is 0 Å². The molecule has 1 atom stereocenters. The van der Waals surface area contributed by atoms with Crippen molar-refractivity contribution in [2.45, 2.75) is 51.5 Å². The first-order chi connectivity index (χ1) is 6.59. The van der Waals surface area contributed by atoms with E-state index in [1.165, 1.54) is 28.4 Å². The van der Waals surface area contributed by atoms with Crippen molar-refractivity contribution in [1.29, 1.82) is 0 Å². The zero-order valence-electron chi connectivity index (χ0n) is 9.08. The molecule has 1 aromatic heterocycles. The van der Waals surface area contributed by atoms with Crippen LogP contribution in [0.1, 0.15) is 67.1 Å². The zero-order chi connectivity index (χ0) is 10.3. The first-order valence-electron chi connectivity index (χ1n) is 5.35. The summed E-state index contributed by atoms with van der Waals surface area (Å²) < 4.78 is 0. The third kappa shape index (κ3) is 1.84. The number of aromatic nitrogens is 1. The van der Waals surface area contributed by atoms with Crippen molar-refractivity contribution in [3.63, 3.8) is 0 Å². The fraction of sp³-hybridized carbons (Fsp3) is 0.727. The highest BCUT2D eigenvalue weighted by atomic mass is 32.1. The van der Waals surface area contributed by atoms with Crippen molar-refractivity contribution in [3.05, 3.63) is 15.6 Å². The molecule has 2 rings (SSSR count). The summed E-state index contributed by atoms with van der Waals surface area (Å²) in [5.74, 6) is 1.25. The van der Waals surface area contributed by atoms with Crippen LogP contribution in [0.15, 0.2) is 0 Å². The maximum Gasteiger partial charge on any atom is 0.0957 e. The predicted octanol–water partition coefficient (Wildman–Crippen LogP) is 3.16. The molecule has 1 aliphatic rings. The molecule has 14 heavy (non-hydrogen) atoms. The van der Waals surface area contributed by atoms with Gasteiger partial charge >= 0.3 is 0 Å². The van der Waals surface area contributed by atoms with E-state index in [0.717, 1.165) is 5.92 Å². The van der Waals surface area contributed by atoms with Crippen molar-refractivity contribution in [2.24, 2.45) is 5.73 Å². The largest absolute Gasteiger partial charge is 0.323 e. The molecule has 0 saturated heterocycles. The van der Waals surface area contributed by atoms with Crippen LogP contribution in [0, 0.1) is 0 Å². The molecule has 1 aromatic rings. The lowest BCUT2D eigenvalue weighted by atomic mass is 10.2. The van der Waals surface area contributed by atoms with Gasteiger partial charge < -0.3 is 5.73 Å². The summed E-state index contributed by atoms with van der Waals surface area (Å²) in [7, 11) is 0. The summed E-state index contributed by atoms with van der Waals surface area (Å²) in [6, 6.07) is 0.149. The van der Waals surface area contributed by atoms with Crippen LogP contribution in [0.25, 0.3) is 0 Å². The quantitative estimate of drug-likeness (QED) is 0.832. The van der Waals surface area contributed by atoms with Crippen LogP contribution in [0.5, 0.6) is 0 Å². The number of rotatable bonds is 3. The van der Waals surface area contributed by atoms with Crippen LogP contribution in [-0.2, 0) is 0 Å². The Morgan fingerprint density at radius 3 is 2.43 bits per heavy atom. The van der Waals surface area contributed by atoms with E-state index >= 15 is 0 Å². The second kappa shape index (κ2) is 3.63. The summed E-state index contributed by atoms with van der Waals surface area (Å²) in [6.45, 7) is 6.45. The normalized spacial score (nSPS) is 18.9. The molecule has 1 heterocycles. The fourth-order valence-electron chi connectivity index (χ4n) is 1.58. The average molecular weight is 210 g/mol. The lowest BCUT2D eigenvalue weighted by Crippen LogP contribution is -2.05. The van der Waals surface area contributed by atoms with E-state index < -0.39 is 0 Å². The molecule has 2 N–H and O–H groups in total. The van der Waals surface area contributed by atoms with Gasteiger partial charge in [-0.3, -0.25) is 0 Å². The summed E-state index contributed by atoms with van der Waals surface area (Å²) >= 11 is 1.81. The Kier molecular flexibility index (Phi) is 2.62. The second-order valence-corrected chi connectivity index (χ2v) is 5.58. The van der Waals surface area contributed by atoms with Crippen LogP contribution in [0.3, 0.4) is 0 Å². The van der Waals surface area contributed by atoms with Gasteiger partial charge in [-0.1, -0.05) is 13.8 Å². The smallest absolute Gasteiger partial charge is 0.0957 e. The Bertz CT molecular complexity index is 305. The third-order valence-electron chi connectivity index (χ3n) is 2.57. The zero-order valence-corrected chi connectivity index (χ0v) is 9.90. The Balaban J connectivity index is 2.35. The van der Waals surface area contributed by atoms with Crippen molar-refractivity contribution >= 4 is 11.3 Å². The monoisotopic (exact) mass is 210 g/mol. The number of hydrogen-bond acceptors (Lipinski definition) is 3. The minimum atomic E-state index is 0.149. The molecule has 1 fully saturated rings. The Hall–Kier alpha value is -0.410. The summed E-state index contributed by atoms with van der Waals surface area (Å²) in [6.07, 6.45) is 2.61. The predicted molar refractivity (Wildman–Crippen MR) is 60.8 cm³/mol. The molecule has 0 radical (unpaired) electrons. The number of thiazole rings is 1. The lowest BCUT2D eigenvalue weighted by molar-refractivity contribution is 0.800. The number of nitrogens with zero attached hydrogens (tertiary/aromatic N) is 1.